The van der Waals surface area contributed by atoms with E-state index in [0.29, 0.717) is 38.0 Å². The monoisotopic (exact) mass is 408 g/mol. The van der Waals surface area contributed by atoms with E-state index in [0.717, 1.165) is 30.8 Å². The number of halogens is 2. The second kappa shape index (κ2) is 10.1. The number of benzene rings is 1. The number of aromatic nitrogens is 3. The lowest BCUT2D eigenvalue weighted by atomic mass is 10.1. The number of hydrogen-bond acceptors (Lipinski definition) is 5. The molecule has 1 aliphatic heterocycles. The van der Waals surface area contributed by atoms with Crippen LogP contribution in [-0.2, 0) is 24.3 Å². The molecule has 0 saturated heterocycles. The molecule has 1 aromatic heterocycles. The van der Waals surface area contributed by atoms with Crippen LogP contribution in [-0.4, -0.2) is 53.6 Å². The molecule has 0 fully saturated rings. The highest BCUT2D eigenvalue weighted by Gasteiger charge is 2.22. The van der Waals surface area contributed by atoms with Crippen molar-refractivity contribution in [2.24, 2.45) is 4.99 Å². The van der Waals surface area contributed by atoms with Crippen molar-refractivity contribution in [2.75, 3.05) is 26.8 Å². The van der Waals surface area contributed by atoms with Crippen molar-refractivity contribution in [2.45, 2.75) is 39.0 Å². The first-order valence-corrected chi connectivity index (χ1v) is 9.63. The molecule has 0 radical (unpaired) electrons. The van der Waals surface area contributed by atoms with E-state index < -0.39 is 11.6 Å². The highest BCUT2D eigenvalue weighted by Crippen LogP contribution is 2.17. The Bertz CT molecular complexity index is 842. The van der Waals surface area contributed by atoms with Gasteiger partial charge in [-0.2, -0.15) is 5.10 Å². The lowest BCUT2D eigenvalue weighted by Crippen LogP contribution is -2.47. The fraction of sp³-hybridized carbons (Fsp3) is 0.526. The molecule has 29 heavy (non-hydrogen) atoms. The fourth-order valence-corrected chi connectivity index (χ4v) is 3.09. The highest BCUT2D eigenvalue weighted by molar-refractivity contribution is 5.80. The fourth-order valence-electron chi connectivity index (χ4n) is 3.09. The van der Waals surface area contributed by atoms with Crippen molar-refractivity contribution in [3.05, 3.63) is 41.5 Å². The number of aliphatic imine (C=N–C) groups is 1. The second-order valence-corrected chi connectivity index (χ2v) is 6.62. The van der Waals surface area contributed by atoms with E-state index >= 15 is 0 Å². The highest BCUT2D eigenvalue weighted by atomic mass is 19.1. The van der Waals surface area contributed by atoms with Crippen LogP contribution < -0.4 is 15.4 Å². The van der Waals surface area contributed by atoms with Gasteiger partial charge in [-0.15, -0.1) is 0 Å². The summed E-state index contributed by atoms with van der Waals surface area (Å²) in [5, 5.41) is 11.1. The Kier molecular flexibility index (Phi) is 7.34. The topological polar surface area (TPSA) is 85.6 Å². The second-order valence-electron chi connectivity index (χ2n) is 6.62. The number of nitrogens with one attached hydrogen (secondary N) is 2. The molecule has 8 nitrogen and oxygen atoms in total. The summed E-state index contributed by atoms with van der Waals surface area (Å²) >= 11 is 0. The lowest BCUT2D eigenvalue weighted by molar-refractivity contribution is 0.177. The zero-order chi connectivity index (χ0) is 20.6. The van der Waals surface area contributed by atoms with E-state index in [4.69, 9.17) is 9.47 Å². The number of hydrogen-bond donors (Lipinski definition) is 2. The van der Waals surface area contributed by atoms with Crippen LogP contribution in [0.25, 0.3) is 0 Å². The maximum absolute atomic E-state index is 13.6. The molecule has 1 aliphatic rings. The maximum Gasteiger partial charge on any atom is 0.191 e. The normalized spacial score (nSPS) is 16.4. The number of aryl methyl sites for hydroxylation is 1. The maximum atomic E-state index is 13.6. The van der Waals surface area contributed by atoms with E-state index in [1.54, 1.807) is 7.11 Å². The lowest BCUT2D eigenvalue weighted by Gasteiger charge is -2.25. The quantitative estimate of drug-likeness (QED) is 0.393. The standard InChI is InChI=1S/C19H26F2N6O2/c1-3-22-19(23-8-9-29-16-6-4-13(20)10-15(16)21)24-14-5-7-18-25-17(12-28-2)26-27(18)11-14/h4,6,10,14H,3,5,7-9,11-12H2,1-2H3,(H2,22,23,24). The largest absolute Gasteiger partial charge is 0.489 e. The number of rotatable bonds is 8. The summed E-state index contributed by atoms with van der Waals surface area (Å²) in [6.07, 6.45) is 1.73. The Morgan fingerprint density at radius 3 is 3.00 bits per heavy atom. The van der Waals surface area contributed by atoms with Crippen LogP contribution in [0.4, 0.5) is 8.78 Å². The van der Waals surface area contributed by atoms with E-state index in [1.165, 1.54) is 6.07 Å². The van der Waals surface area contributed by atoms with Gasteiger partial charge in [0, 0.05) is 32.2 Å². The molecule has 0 saturated carbocycles. The third-order valence-corrected chi connectivity index (χ3v) is 4.37. The van der Waals surface area contributed by atoms with Crippen molar-refractivity contribution in [3.8, 4) is 5.75 Å². The van der Waals surface area contributed by atoms with Crippen molar-refractivity contribution in [1.82, 2.24) is 25.4 Å². The van der Waals surface area contributed by atoms with Crippen LogP contribution in [0, 0.1) is 11.6 Å². The minimum Gasteiger partial charge on any atom is -0.489 e. The van der Waals surface area contributed by atoms with E-state index in [-0.39, 0.29) is 18.4 Å². The third kappa shape index (κ3) is 5.86. The van der Waals surface area contributed by atoms with Crippen LogP contribution in [0.15, 0.2) is 23.2 Å². The molecule has 2 heterocycles. The Balaban J connectivity index is 1.52. The average Bonchev–Trinajstić information content (AvgIpc) is 3.08. The minimum absolute atomic E-state index is 0.0115. The molecule has 1 unspecified atom stereocenters. The Morgan fingerprint density at radius 1 is 1.38 bits per heavy atom. The smallest absolute Gasteiger partial charge is 0.191 e. The molecule has 3 rings (SSSR count). The average molecular weight is 408 g/mol. The van der Waals surface area contributed by atoms with Crippen molar-refractivity contribution >= 4 is 5.96 Å². The predicted molar refractivity (Wildman–Crippen MR) is 104 cm³/mol. The Morgan fingerprint density at radius 2 is 2.24 bits per heavy atom. The molecule has 2 N–H and O–H groups in total. The summed E-state index contributed by atoms with van der Waals surface area (Å²) in [7, 11) is 1.62. The summed E-state index contributed by atoms with van der Waals surface area (Å²) in [6.45, 7) is 4.28. The molecule has 1 atom stereocenters. The molecule has 0 amide bonds. The van der Waals surface area contributed by atoms with E-state index in [9.17, 15) is 8.78 Å². The van der Waals surface area contributed by atoms with Gasteiger partial charge < -0.3 is 20.1 Å². The molecule has 158 valence electrons. The minimum atomic E-state index is -0.724. The van der Waals surface area contributed by atoms with Crippen molar-refractivity contribution in [3.63, 3.8) is 0 Å². The van der Waals surface area contributed by atoms with Gasteiger partial charge in [-0.1, -0.05) is 0 Å². The summed E-state index contributed by atoms with van der Waals surface area (Å²) in [5.41, 5.74) is 0. The summed E-state index contributed by atoms with van der Waals surface area (Å²) in [4.78, 5) is 8.94. The van der Waals surface area contributed by atoms with Crippen LogP contribution in [0.5, 0.6) is 5.75 Å². The Hall–Kier alpha value is -2.75. The molecule has 0 aliphatic carbocycles. The summed E-state index contributed by atoms with van der Waals surface area (Å²) < 4.78 is 38.9. The molecule has 0 spiro atoms. The number of guanidine groups is 1. The first-order chi connectivity index (χ1) is 14.1. The van der Waals surface area contributed by atoms with Gasteiger partial charge >= 0.3 is 0 Å². The van der Waals surface area contributed by atoms with Crippen LogP contribution in [0.3, 0.4) is 0 Å². The van der Waals surface area contributed by atoms with Crippen molar-refractivity contribution < 1.29 is 18.3 Å². The van der Waals surface area contributed by atoms with Crippen molar-refractivity contribution in [1.29, 1.82) is 0 Å². The van der Waals surface area contributed by atoms with Gasteiger partial charge in [0.2, 0.25) is 0 Å². The Labute approximate surface area is 168 Å². The zero-order valence-electron chi connectivity index (χ0n) is 16.6. The molecule has 2 aromatic rings. The summed E-state index contributed by atoms with van der Waals surface area (Å²) in [6, 6.07) is 3.39. The molecular weight excluding hydrogens is 382 g/mol. The number of methoxy groups -OCH3 is 1. The molecule has 0 bridgehead atoms. The van der Waals surface area contributed by atoms with E-state index in [1.807, 2.05) is 11.6 Å². The van der Waals surface area contributed by atoms with E-state index in [2.05, 4.69) is 25.7 Å². The summed E-state index contributed by atoms with van der Waals surface area (Å²) in [5.74, 6) is 0.959. The van der Waals surface area contributed by atoms with Gasteiger partial charge in [0.25, 0.3) is 0 Å². The van der Waals surface area contributed by atoms with Gasteiger partial charge in [-0.05, 0) is 25.5 Å². The van der Waals surface area contributed by atoms with Crippen LogP contribution in [0.1, 0.15) is 25.0 Å². The molecular formula is C19H26F2N6O2. The van der Waals surface area contributed by atoms with Crippen LogP contribution >= 0.6 is 0 Å². The van der Waals surface area contributed by atoms with Crippen LogP contribution in [0.2, 0.25) is 0 Å². The van der Waals surface area contributed by atoms with Gasteiger partial charge in [-0.25, -0.2) is 23.4 Å². The van der Waals surface area contributed by atoms with Gasteiger partial charge in [0.1, 0.15) is 24.9 Å². The van der Waals surface area contributed by atoms with Gasteiger partial charge in [0.05, 0.1) is 13.1 Å². The van der Waals surface area contributed by atoms with Gasteiger partial charge in [0.15, 0.2) is 23.4 Å². The first kappa shape index (κ1) is 21.0. The predicted octanol–water partition coefficient (Wildman–Crippen LogP) is 1.65. The number of nitrogens with zero attached hydrogens (tertiary/aromatic N) is 4. The number of ether oxygens (including phenoxy) is 2. The zero-order valence-corrected chi connectivity index (χ0v) is 16.6. The first-order valence-electron chi connectivity index (χ1n) is 9.63. The molecule has 10 heteroatoms. The SMILES string of the molecule is CCNC(=NCCOc1ccc(F)cc1F)NC1CCc2nc(COC)nn2C1. The third-order valence-electron chi connectivity index (χ3n) is 4.37. The van der Waals surface area contributed by atoms with Gasteiger partial charge in [-0.3, -0.25) is 0 Å². The number of fused-ring (bicyclic) bond motifs is 1. The molecule has 1 aromatic carbocycles.